The minimum absolute atomic E-state index is 0.179. The van der Waals surface area contributed by atoms with Gasteiger partial charge < -0.3 is 0 Å². The van der Waals surface area contributed by atoms with Gasteiger partial charge >= 0.3 is 0 Å². The molecular weight excluding hydrogens is 282 g/mol. The van der Waals surface area contributed by atoms with E-state index in [-0.39, 0.29) is 5.78 Å². The molecule has 1 aromatic carbocycles. The minimum atomic E-state index is 0.179. The fraction of sp³-hybridized carbons (Fsp3) is 0.611. The largest absolute Gasteiger partial charge is 0.300 e. The van der Waals surface area contributed by atoms with Gasteiger partial charge in [0.15, 0.2) is 5.78 Å². The van der Waals surface area contributed by atoms with Gasteiger partial charge in [0, 0.05) is 24.6 Å². The predicted octanol–water partition coefficient (Wildman–Crippen LogP) is 4.57. The first kappa shape index (κ1) is 15.1. The van der Waals surface area contributed by atoms with Crippen molar-refractivity contribution < 1.29 is 4.79 Å². The number of piperidine rings is 1. The quantitative estimate of drug-likeness (QED) is 0.760. The molecule has 3 heteroatoms. The Labute approximate surface area is 132 Å². The summed E-state index contributed by atoms with van der Waals surface area (Å²) in [4.78, 5) is 14.9. The van der Waals surface area contributed by atoms with Crippen molar-refractivity contribution in [3.63, 3.8) is 0 Å². The number of Topliss-reactive ketones (excluding diaryl/α,β-unsaturated/α-hetero) is 1. The SMILES string of the molecule is O=C(CCN1CCC[C@H]2CCCC[C@H]21)c1ccccc1Cl. The minimum Gasteiger partial charge on any atom is -0.300 e. The Balaban J connectivity index is 1.59. The van der Waals surface area contributed by atoms with Crippen molar-refractivity contribution in [2.24, 2.45) is 5.92 Å². The van der Waals surface area contributed by atoms with E-state index < -0.39 is 0 Å². The van der Waals surface area contributed by atoms with Gasteiger partial charge in [-0.25, -0.2) is 0 Å². The molecule has 0 amide bonds. The van der Waals surface area contributed by atoms with Crippen LogP contribution in [0.1, 0.15) is 55.3 Å². The number of likely N-dealkylation sites (tertiary alicyclic amines) is 1. The van der Waals surface area contributed by atoms with E-state index in [1.54, 1.807) is 6.07 Å². The molecule has 1 saturated carbocycles. The van der Waals surface area contributed by atoms with Gasteiger partial charge in [0.05, 0.1) is 5.02 Å². The Kier molecular flexibility index (Phi) is 4.97. The molecule has 3 rings (SSSR count). The molecule has 1 aromatic rings. The second-order valence-electron chi connectivity index (χ2n) is 6.44. The molecule has 2 nitrogen and oxygen atoms in total. The van der Waals surface area contributed by atoms with Gasteiger partial charge in [-0.1, -0.05) is 36.6 Å². The second-order valence-corrected chi connectivity index (χ2v) is 6.85. The Morgan fingerprint density at radius 2 is 1.90 bits per heavy atom. The molecule has 0 radical (unpaired) electrons. The van der Waals surface area contributed by atoms with Gasteiger partial charge in [0.25, 0.3) is 0 Å². The number of hydrogen-bond acceptors (Lipinski definition) is 2. The molecule has 0 spiro atoms. The van der Waals surface area contributed by atoms with Crippen LogP contribution in [0, 0.1) is 5.92 Å². The number of halogens is 1. The molecule has 1 saturated heterocycles. The maximum Gasteiger partial charge on any atom is 0.165 e. The van der Waals surface area contributed by atoms with E-state index in [0.717, 1.165) is 25.0 Å². The summed E-state index contributed by atoms with van der Waals surface area (Å²) in [7, 11) is 0. The van der Waals surface area contributed by atoms with E-state index >= 15 is 0 Å². The summed E-state index contributed by atoms with van der Waals surface area (Å²) in [5.74, 6) is 1.06. The Bertz CT molecular complexity index is 500. The highest BCUT2D eigenvalue weighted by molar-refractivity contribution is 6.33. The van der Waals surface area contributed by atoms with Crippen LogP contribution < -0.4 is 0 Å². The number of carbonyl (C=O) groups excluding carboxylic acids is 1. The van der Waals surface area contributed by atoms with Gasteiger partial charge in [0.2, 0.25) is 0 Å². The molecule has 0 bridgehead atoms. The van der Waals surface area contributed by atoms with E-state index in [4.69, 9.17) is 11.6 Å². The zero-order chi connectivity index (χ0) is 14.7. The van der Waals surface area contributed by atoms with E-state index in [1.165, 1.54) is 38.5 Å². The number of rotatable bonds is 4. The van der Waals surface area contributed by atoms with Crippen LogP contribution in [0.15, 0.2) is 24.3 Å². The maximum atomic E-state index is 12.4. The number of carbonyl (C=O) groups is 1. The summed E-state index contributed by atoms with van der Waals surface area (Å²) in [6.45, 7) is 2.06. The van der Waals surface area contributed by atoms with Crippen molar-refractivity contribution in [2.45, 2.75) is 51.0 Å². The number of ketones is 1. The van der Waals surface area contributed by atoms with Crippen LogP contribution in [0.25, 0.3) is 0 Å². The molecule has 1 aliphatic heterocycles. The van der Waals surface area contributed by atoms with Crippen molar-refractivity contribution in [3.05, 3.63) is 34.9 Å². The van der Waals surface area contributed by atoms with Gasteiger partial charge in [-0.3, -0.25) is 9.69 Å². The number of fused-ring (bicyclic) bond motifs is 1. The van der Waals surface area contributed by atoms with Crippen molar-refractivity contribution in [1.82, 2.24) is 4.90 Å². The molecule has 0 unspecified atom stereocenters. The molecule has 1 heterocycles. The van der Waals surface area contributed by atoms with E-state index in [9.17, 15) is 4.79 Å². The lowest BCUT2D eigenvalue weighted by Gasteiger charge is -2.44. The van der Waals surface area contributed by atoms with Crippen LogP contribution in [0.2, 0.25) is 5.02 Å². The third kappa shape index (κ3) is 3.49. The molecule has 1 aliphatic carbocycles. The predicted molar refractivity (Wildman–Crippen MR) is 87.0 cm³/mol. The fourth-order valence-corrected chi connectivity index (χ4v) is 4.31. The van der Waals surface area contributed by atoms with Gasteiger partial charge in [-0.05, 0) is 50.3 Å². The third-order valence-electron chi connectivity index (χ3n) is 5.16. The highest BCUT2D eigenvalue weighted by atomic mass is 35.5. The monoisotopic (exact) mass is 305 g/mol. The normalized spacial score (nSPS) is 26.3. The second kappa shape index (κ2) is 6.93. The summed E-state index contributed by atoms with van der Waals surface area (Å²) in [5.41, 5.74) is 0.677. The maximum absolute atomic E-state index is 12.4. The zero-order valence-electron chi connectivity index (χ0n) is 12.6. The molecule has 2 atom stereocenters. The van der Waals surface area contributed by atoms with Crippen molar-refractivity contribution >= 4 is 17.4 Å². The zero-order valence-corrected chi connectivity index (χ0v) is 13.3. The lowest BCUT2D eigenvalue weighted by molar-refractivity contribution is 0.0575. The molecule has 2 aliphatic rings. The van der Waals surface area contributed by atoms with Crippen molar-refractivity contribution in [1.29, 1.82) is 0 Å². The van der Waals surface area contributed by atoms with Crippen LogP contribution in [0.3, 0.4) is 0 Å². The average molecular weight is 306 g/mol. The van der Waals surface area contributed by atoms with E-state index in [1.807, 2.05) is 18.2 Å². The van der Waals surface area contributed by atoms with Crippen LogP contribution in [-0.2, 0) is 0 Å². The van der Waals surface area contributed by atoms with Crippen molar-refractivity contribution in [2.75, 3.05) is 13.1 Å². The van der Waals surface area contributed by atoms with E-state index in [0.29, 0.717) is 17.0 Å². The molecule has 0 aromatic heterocycles. The Morgan fingerprint density at radius 3 is 2.76 bits per heavy atom. The number of benzene rings is 1. The number of nitrogens with zero attached hydrogens (tertiary/aromatic N) is 1. The van der Waals surface area contributed by atoms with Crippen LogP contribution in [0.4, 0.5) is 0 Å². The summed E-state index contributed by atoms with van der Waals surface area (Å²) in [6, 6.07) is 8.12. The Hall–Kier alpha value is -0.860. The van der Waals surface area contributed by atoms with Crippen molar-refractivity contribution in [3.8, 4) is 0 Å². The standard InChI is InChI=1S/C18H24ClNO/c19-16-9-3-2-8-15(16)18(21)11-13-20-12-5-7-14-6-1-4-10-17(14)20/h2-3,8-9,14,17H,1,4-7,10-13H2/t14-,17-/m1/s1. The first-order valence-electron chi connectivity index (χ1n) is 8.27. The molecule has 21 heavy (non-hydrogen) atoms. The van der Waals surface area contributed by atoms with Gasteiger partial charge in [-0.15, -0.1) is 0 Å². The molecular formula is C18H24ClNO. The van der Waals surface area contributed by atoms with E-state index in [2.05, 4.69) is 4.90 Å². The molecule has 114 valence electrons. The van der Waals surface area contributed by atoms with Crippen LogP contribution in [0.5, 0.6) is 0 Å². The lowest BCUT2D eigenvalue weighted by Crippen LogP contribution is -2.47. The summed E-state index contributed by atoms with van der Waals surface area (Å²) in [6.07, 6.45) is 8.74. The Morgan fingerprint density at radius 1 is 1.14 bits per heavy atom. The topological polar surface area (TPSA) is 20.3 Å². The highest BCUT2D eigenvalue weighted by Crippen LogP contribution is 2.35. The first-order valence-corrected chi connectivity index (χ1v) is 8.65. The van der Waals surface area contributed by atoms with Crippen LogP contribution in [-0.4, -0.2) is 29.8 Å². The summed E-state index contributed by atoms with van der Waals surface area (Å²) in [5, 5.41) is 0.580. The van der Waals surface area contributed by atoms with Gasteiger partial charge in [-0.2, -0.15) is 0 Å². The first-order chi connectivity index (χ1) is 10.3. The molecule has 0 N–H and O–H groups in total. The fourth-order valence-electron chi connectivity index (χ4n) is 4.07. The summed E-state index contributed by atoms with van der Waals surface area (Å²) < 4.78 is 0. The van der Waals surface area contributed by atoms with Gasteiger partial charge in [0.1, 0.15) is 0 Å². The highest BCUT2D eigenvalue weighted by Gasteiger charge is 2.33. The average Bonchev–Trinajstić information content (AvgIpc) is 2.53. The molecule has 2 fully saturated rings. The number of hydrogen-bond donors (Lipinski definition) is 0. The third-order valence-corrected chi connectivity index (χ3v) is 5.49. The lowest BCUT2D eigenvalue weighted by atomic mass is 9.78. The van der Waals surface area contributed by atoms with Crippen LogP contribution >= 0.6 is 11.6 Å². The summed E-state index contributed by atoms with van der Waals surface area (Å²) >= 11 is 6.12. The smallest absolute Gasteiger partial charge is 0.165 e.